The van der Waals surface area contributed by atoms with Gasteiger partial charge >= 0.3 is 0 Å². The number of benzene rings is 1. The van der Waals surface area contributed by atoms with Crippen molar-refractivity contribution in [1.29, 1.82) is 0 Å². The molecule has 2 aromatic heterocycles. The number of carbonyl (C=O) groups is 1. The van der Waals surface area contributed by atoms with Gasteiger partial charge in [0.05, 0.1) is 0 Å². The van der Waals surface area contributed by atoms with E-state index in [4.69, 9.17) is 11.6 Å². The molecule has 5 heteroatoms. The molecule has 3 aromatic rings. The molecule has 3 rings (SSSR count). The molecule has 0 aliphatic carbocycles. The van der Waals surface area contributed by atoms with Crippen LogP contribution < -0.4 is 0 Å². The van der Waals surface area contributed by atoms with Crippen LogP contribution in [-0.2, 0) is 0 Å². The summed E-state index contributed by atoms with van der Waals surface area (Å²) < 4.78 is 2.67. The van der Waals surface area contributed by atoms with Gasteiger partial charge in [-0.05, 0) is 52.7 Å². The number of pyridine rings is 1. The van der Waals surface area contributed by atoms with Crippen LogP contribution in [0.3, 0.4) is 0 Å². The maximum absolute atomic E-state index is 11.4. The fourth-order valence-electron chi connectivity index (χ4n) is 2.15. The molecule has 3 nitrogen and oxygen atoms in total. The van der Waals surface area contributed by atoms with Crippen LogP contribution in [0, 0.1) is 6.92 Å². The highest BCUT2D eigenvalue weighted by molar-refractivity contribution is 9.10. The summed E-state index contributed by atoms with van der Waals surface area (Å²) in [6.45, 7) is 1.93. The highest BCUT2D eigenvalue weighted by atomic mass is 79.9. The van der Waals surface area contributed by atoms with Crippen LogP contribution in [0.2, 0.25) is 5.02 Å². The molecule has 0 spiro atoms. The standard InChI is InChI=1S/C15H10BrClN2O/c1-9-6-10(2-4-12(9)17)15-13(8-20)19-7-11(16)3-5-14(19)18-15/h2-8H,1H3. The van der Waals surface area contributed by atoms with Gasteiger partial charge < -0.3 is 0 Å². The van der Waals surface area contributed by atoms with Gasteiger partial charge in [0, 0.05) is 21.3 Å². The summed E-state index contributed by atoms with van der Waals surface area (Å²) in [5.41, 5.74) is 3.77. The van der Waals surface area contributed by atoms with Crippen LogP contribution >= 0.6 is 27.5 Å². The van der Waals surface area contributed by atoms with Crippen LogP contribution in [0.5, 0.6) is 0 Å². The topological polar surface area (TPSA) is 34.4 Å². The van der Waals surface area contributed by atoms with E-state index in [9.17, 15) is 4.79 Å². The average Bonchev–Trinajstić information content (AvgIpc) is 2.79. The zero-order chi connectivity index (χ0) is 14.3. The normalized spacial score (nSPS) is 10.9. The Labute approximate surface area is 129 Å². The highest BCUT2D eigenvalue weighted by Crippen LogP contribution is 2.27. The van der Waals surface area contributed by atoms with Gasteiger partial charge in [0.15, 0.2) is 6.29 Å². The monoisotopic (exact) mass is 348 g/mol. The summed E-state index contributed by atoms with van der Waals surface area (Å²) >= 11 is 9.44. The molecule has 0 N–H and O–H groups in total. The number of aromatic nitrogens is 2. The number of rotatable bonds is 2. The predicted octanol–water partition coefficient (Wildman–Crippen LogP) is 4.54. The number of halogens is 2. The van der Waals surface area contributed by atoms with Crippen molar-refractivity contribution < 1.29 is 4.79 Å². The first-order valence-electron chi connectivity index (χ1n) is 5.99. The average molecular weight is 350 g/mol. The largest absolute Gasteiger partial charge is 0.296 e. The minimum atomic E-state index is 0.531. The number of hydrogen-bond acceptors (Lipinski definition) is 2. The minimum Gasteiger partial charge on any atom is -0.296 e. The van der Waals surface area contributed by atoms with Gasteiger partial charge in [0.1, 0.15) is 17.0 Å². The molecule has 0 aliphatic rings. The first-order chi connectivity index (χ1) is 9.60. The van der Waals surface area contributed by atoms with Crippen LogP contribution in [0.4, 0.5) is 0 Å². The Morgan fingerprint density at radius 2 is 2.10 bits per heavy atom. The first-order valence-corrected chi connectivity index (χ1v) is 7.16. The van der Waals surface area contributed by atoms with Crippen molar-refractivity contribution in [2.75, 3.05) is 0 Å². The molecule has 0 aliphatic heterocycles. The van der Waals surface area contributed by atoms with Crippen molar-refractivity contribution in [3.63, 3.8) is 0 Å². The molecule has 0 unspecified atom stereocenters. The van der Waals surface area contributed by atoms with E-state index in [0.29, 0.717) is 16.4 Å². The summed E-state index contributed by atoms with van der Waals surface area (Å²) in [6.07, 6.45) is 2.66. The van der Waals surface area contributed by atoms with Gasteiger partial charge in [0.2, 0.25) is 0 Å². The zero-order valence-corrected chi connectivity index (χ0v) is 12.9. The summed E-state index contributed by atoms with van der Waals surface area (Å²) in [5, 5.41) is 0.702. The Morgan fingerprint density at radius 1 is 1.30 bits per heavy atom. The molecule has 2 heterocycles. The molecule has 0 radical (unpaired) electrons. The molecule has 0 bridgehead atoms. The van der Waals surface area contributed by atoms with Gasteiger partial charge in [-0.2, -0.15) is 0 Å². The predicted molar refractivity (Wildman–Crippen MR) is 83.5 cm³/mol. The van der Waals surface area contributed by atoms with E-state index >= 15 is 0 Å². The highest BCUT2D eigenvalue weighted by Gasteiger charge is 2.14. The molecule has 0 saturated carbocycles. The van der Waals surface area contributed by atoms with Gasteiger partial charge in [0.25, 0.3) is 0 Å². The summed E-state index contributed by atoms with van der Waals surface area (Å²) in [7, 11) is 0. The molecule has 0 amide bonds. The molecular formula is C15H10BrClN2O. The van der Waals surface area contributed by atoms with Crippen LogP contribution in [0.15, 0.2) is 41.0 Å². The van der Waals surface area contributed by atoms with Crippen molar-refractivity contribution in [1.82, 2.24) is 9.38 Å². The summed E-state index contributed by atoms with van der Waals surface area (Å²) in [4.78, 5) is 16.0. The lowest BCUT2D eigenvalue weighted by Crippen LogP contribution is -1.92. The molecular weight excluding hydrogens is 340 g/mol. The Morgan fingerprint density at radius 3 is 2.80 bits per heavy atom. The number of hydrogen-bond donors (Lipinski definition) is 0. The molecule has 0 saturated heterocycles. The van der Waals surface area contributed by atoms with Crippen LogP contribution in [-0.4, -0.2) is 15.7 Å². The molecule has 1 aromatic carbocycles. The summed E-state index contributed by atoms with van der Waals surface area (Å²) in [5.74, 6) is 0. The third kappa shape index (κ3) is 2.15. The summed E-state index contributed by atoms with van der Waals surface area (Å²) in [6, 6.07) is 9.39. The lowest BCUT2D eigenvalue weighted by atomic mass is 10.1. The Kier molecular flexibility index (Phi) is 3.36. The number of imidazole rings is 1. The fraction of sp³-hybridized carbons (Fsp3) is 0.0667. The Bertz CT molecular complexity index is 826. The van der Waals surface area contributed by atoms with E-state index in [0.717, 1.165) is 27.5 Å². The quantitative estimate of drug-likeness (QED) is 0.637. The lowest BCUT2D eigenvalue weighted by molar-refractivity contribution is 0.111. The molecule has 0 atom stereocenters. The van der Waals surface area contributed by atoms with E-state index in [1.54, 1.807) is 4.40 Å². The SMILES string of the molecule is Cc1cc(-c2nc3ccc(Br)cn3c2C=O)ccc1Cl. The van der Waals surface area contributed by atoms with Gasteiger partial charge in [-0.25, -0.2) is 4.98 Å². The van der Waals surface area contributed by atoms with E-state index in [2.05, 4.69) is 20.9 Å². The Balaban J connectivity index is 2.30. The number of aryl methyl sites for hydroxylation is 1. The van der Waals surface area contributed by atoms with Gasteiger partial charge in [-0.3, -0.25) is 9.20 Å². The van der Waals surface area contributed by atoms with E-state index in [1.807, 2.05) is 43.5 Å². The maximum atomic E-state index is 11.4. The fourth-order valence-corrected chi connectivity index (χ4v) is 2.61. The van der Waals surface area contributed by atoms with E-state index < -0.39 is 0 Å². The van der Waals surface area contributed by atoms with Gasteiger partial charge in [-0.15, -0.1) is 0 Å². The van der Waals surface area contributed by atoms with E-state index in [1.165, 1.54) is 0 Å². The second-order valence-electron chi connectivity index (χ2n) is 4.50. The van der Waals surface area contributed by atoms with Crippen molar-refractivity contribution in [3.05, 3.63) is 57.3 Å². The number of aldehydes is 1. The second-order valence-corrected chi connectivity index (χ2v) is 5.83. The van der Waals surface area contributed by atoms with Crippen molar-refractivity contribution in [2.45, 2.75) is 6.92 Å². The smallest absolute Gasteiger partial charge is 0.169 e. The lowest BCUT2D eigenvalue weighted by Gasteiger charge is -2.02. The molecule has 0 fully saturated rings. The maximum Gasteiger partial charge on any atom is 0.169 e. The second kappa shape index (κ2) is 5.04. The first kappa shape index (κ1) is 13.3. The van der Waals surface area contributed by atoms with Crippen molar-refractivity contribution in [3.8, 4) is 11.3 Å². The van der Waals surface area contributed by atoms with Crippen molar-refractivity contribution in [2.24, 2.45) is 0 Å². The number of carbonyl (C=O) groups excluding carboxylic acids is 1. The zero-order valence-electron chi connectivity index (χ0n) is 10.6. The van der Waals surface area contributed by atoms with Crippen LogP contribution in [0.25, 0.3) is 16.9 Å². The minimum absolute atomic E-state index is 0.531. The third-order valence-corrected chi connectivity index (χ3v) is 4.06. The molecule has 20 heavy (non-hydrogen) atoms. The van der Waals surface area contributed by atoms with Crippen LogP contribution in [0.1, 0.15) is 16.1 Å². The Hall–Kier alpha value is -1.65. The third-order valence-electron chi connectivity index (χ3n) is 3.16. The molecule has 100 valence electrons. The van der Waals surface area contributed by atoms with Gasteiger partial charge in [-0.1, -0.05) is 17.7 Å². The van der Waals surface area contributed by atoms with E-state index in [-0.39, 0.29) is 0 Å². The number of nitrogens with zero attached hydrogens (tertiary/aromatic N) is 2. The van der Waals surface area contributed by atoms with Crippen molar-refractivity contribution >= 4 is 39.5 Å². The number of fused-ring (bicyclic) bond motifs is 1.